The van der Waals surface area contributed by atoms with E-state index in [1.165, 1.54) is 17.6 Å². The van der Waals surface area contributed by atoms with Gasteiger partial charge in [0.15, 0.2) is 11.8 Å². The second kappa shape index (κ2) is 1.97. The second-order valence-corrected chi connectivity index (χ2v) is 3.48. The van der Waals surface area contributed by atoms with Gasteiger partial charge in [-0.2, -0.15) is 0 Å². The van der Waals surface area contributed by atoms with E-state index in [0.29, 0.717) is 0 Å². The number of nitrogens with zero attached hydrogens (tertiary/aromatic N) is 1. The molecule has 2 heteroatoms. The number of hydrogen-bond acceptors (Lipinski definition) is 1. The molecule has 0 aromatic carbocycles. The standard InChI is InChI=1S/C8H13NO/c10-9-7-3-6-8(9)4-1-2-5-8/h7H,1-6H2. The Morgan fingerprint density at radius 1 is 1.20 bits per heavy atom. The predicted molar refractivity (Wildman–Crippen MR) is 40.1 cm³/mol. The van der Waals surface area contributed by atoms with Crippen LogP contribution in [0.2, 0.25) is 0 Å². The maximum atomic E-state index is 11.3. The number of hydrogen-bond donors (Lipinski definition) is 0. The summed E-state index contributed by atoms with van der Waals surface area (Å²) in [4.78, 5) is 0. The van der Waals surface area contributed by atoms with Crippen molar-refractivity contribution in [3.05, 3.63) is 5.21 Å². The van der Waals surface area contributed by atoms with Crippen molar-refractivity contribution in [1.29, 1.82) is 0 Å². The third-order valence-electron chi connectivity index (χ3n) is 2.91. The highest BCUT2D eigenvalue weighted by atomic mass is 16.5. The molecule has 0 amide bonds. The van der Waals surface area contributed by atoms with Crippen LogP contribution in [0.15, 0.2) is 0 Å². The van der Waals surface area contributed by atoms with E-state index in [1.807, 2.05) is 6.21 Å². The summed E-state index contributed by atoms with van der Waals surface area (Å²) in [6.07, 6.45) is 8.70. The Hall–Kier alpha value is -0.530. The lowest BCUT2D eigenvalue weighted by molar-refractivity contribution is -0.535. The molecule has 0 saturated heterocycles. The van der Waals surface area contributed by atoms with Gasteiger partial charge in [-0.3, -0.25) is 0 Å². The number of hydroxylamine groups is 1. The summed E-state index contributed by atoms with van der Waals surface area (Å²) in [5, 5.41) is 11.3. The van der Waals surface area contributed by atoms with Crippen molar-refractivity contribution in [2.75, 3.05) is 0 Å². The van der Waals surface area contributed by atoms with E-state index in [2.05, 4.69) is 0 Å². The van der Waals surface area contributed by atoms with Crippen LogP contribution >= 0.6 is 0 Å². The van der Waals surface area contributed by atoms with Crippen LogP contribution < -0.4 is 0 Å². The highest BCUT2D eigenvalue weighted by Gasteiger charge is 2.43. The lowest BCUT2D eigenvalue weighted by atomic mass is 9.95. The van der Waals surface area contributed by atoms with Crippen molar-refractivity contribution in [2.45, 2.75) is 44.1 Å². The van der Waals surface area contributed by atoms with Crippen LogP contribution in [-0.4, -0.2) is 16.5 Å². The van der Waals surface area contributed by atoms with E-state index in [4.69, 9.17) is 0 Å². The normalized spacial score (nSPS) is 29.4. The van der Waals surface area contributed by atoms with Crippen molar-refractivity contribution in [2.24, 2.45) is 0 Å². The van der Waals surface area contributed by atoms with Crippen LogP contribution in [0.1, 0.15) is 38.5 Å². The van der Waals surface area contributed by atoms with E-state index >= 15 is 0 Å². The fourth-order valence-corrected chi connectivity index (χ4v) is 2.26. The van der Waals surface area contributed by atoms with Crippen molar-refractivity contribution >= 4 is 6.21 Å². The zero-order valence-electron chi connectivity index (χ0n) is 6.18. The van der Waals surface area contributed by atoms with Gasteiger partial charge in [-0.15, -0.1) is 0 Å². The minimum Gasteiger partial charge on any atom is -0.624 e. The average Bonchev–Trinajstić information content (AvgIpc) is 2.48. The Kier molecular flexibility index (Phi) is 1.22. The monoisotopic (exact) mass is 139 g/mol. The highest BCUT2D eigenvalue weighted by Crippen LogP contribution is 2.38. The van der Waals surface area contributed by atoms with Crippen molar-refractivity contribution in [3.63, 3.8) is 0 Å². The minimum atomic E-state index is 0.0694. The number of rotatable bonds is 0. The van der Waals surface area contributed by atoms with Gasteiger partial charge in [0.1, 0.15) is 0 Å². The summed E-state index contributed by atoms with van der Waals surface area (Å²) in [7, 11) is 0. The highest BCUT2D eigenvalue weighted by molar-refractivity contribution is 5.53. The predicted octanol–water partition coefficient (Wildman–Crippen LogP) is 1.67. The molecule has 1 aliphatic carbocycles. The summed E-state index contributed by atoms with van der Waals surface area (Å²) in [5.41, 5.74) is 0.0694. The molecule has 1 fully saturated rings. The van der Waals surface area contributed by atoms with E-state index in [1.54, 1.807) is 0 Å². The summed E-state index contributed by atoms with van der Waals surface area (Å²) < 4.78 is 1.22. The largest absolute Gasteiger partial charge is 0.624 e. The molecule has 0 aromatic rings. The first-order chi connectivity index (χ1) is 4.83. The van der Waals surface area contributed by atoms with Gasteiger partial charge in [0, 0.05) is 25.7 Å². The first-order valence-electron chi connectivity index (χ1n) is 4.13. The van der Waals surface area contributed by atoms with Crippen LogP contribution in [0, 0.1) is 5.21 Å². The van der Waals surface area contributed by atoms with Gasteiger partial charge >= 0.3 is 0 Å². The molecule has 0 aromatic heterocycles. The zero-order chi connectivity index (χ0) is 7.03. The molecular weight excluding hydrogens is 126 g/mol. The molecule has 0 N–H and O–H groups in total. The van der Waals surface area contributed by atoms with Crippen LogP contribution in [-0.2, 0) is 0 Å². The maximum absolute atomic E-state index is 11.3. The Labute approximate surface area is 61.1 Å². The van der Waals surface area contributed by atoms with Gasteiger partial charge in [-0.25, -0.2) is 4.74 Å². The van der Waals surface area contributed by atoms with Gasteiger partial charge in [-0.1, -0.05) is 0 Å². The SMILES string of the molecule is [O-][N+]1=CCCC12CCCC2. The van der Waals surface area contributed by atoms with Crippen molar-refractivity contribution in [3.8, 4) is 0 Å². The smallest absolute Gasteiger partial charge is 0.173 e. The van der Waals surface area contributed by atoms with Gasteiger partial charge in [-0.05, 0) is 12.8 Å². The summed E-state index contributed by atoms with van der Waals surface area (Å²) in [5.74, 6) is 0. The van der Waals surface area contributed by atoms with Gasteiger partial charge in [0.05, 0.1) is 0 Å². The molecule has 0 unspecified atom stereocenters. The van der Waals surface area contributed by atoms with Crippen molar-refractivity contribution < 1.29 is 4.74 Å². The van der Waals surface area contributed by atoms with E-state index in [0.717, 1.165) is 25.7 Å². The van der Waals surface area contributed by atoms with Crippen LogP contribution in [0.4, 0.5) is 0 Å². The van der Waals surface area contributed by atoms with E-state index in [9.17, 15) is 5.21 Å². The molecule has 2 rings (SSSR count). The van der Waals surface area contributed by atoms with Crippen LogP contribution in [0.5, 0.6) is 0 Å². The average molecular weight is 139 g/mol. The molecule has 1 saturated carbocycles. The fourth-order valence-electron chi connectivity index (χ4n) is 2.26. The summed E-state index contributed by atoms with van der Waals surface area (Å²) in [6.45, 7) is 0. The first kappa shape index (κ1) is 6.20. The molecule has 56 valence electrons. The Bertz CT molecular complexity index is 168. The van der Waals surface area contributed by atoms with Gasteiger partial charge < -0.3 is 5.21 Å². The van der Waals surface area contributed by atoms with Gasteiger partial charge in [0.2, 0.25) is 0 Å². The third-order valence-corrected chi connectivity index (χ3v) is 2.91. The Balaban J connectivity index is 2.21. The molecule has 0 atom stereocenters. The second-order valence-electron chi connectivity index (χ2n) is 3.48. The topological polar surface area (TPSA) is 26.1 Å². The first-order valence-corrected chi connectivity index (χ1v) is 4.13. The quantitative estimate of drug-likeness (QED) is 0.370. The van der Waals surface area contributed by atoms with Crippen LogP contribution in [0.25, 0.3) is 0 Å². The van der Waals surface area contributed by atoms with Crippen molar-refractivity contribution in [1.82, 2.24) is 0 Å². The molecule has 10 heavy (non-hydrogen) atoms. The Morgan fingerprint density at radius 3 is 2.40 bits per heavy atom. The molecule has 2 aliphatic rings. The lowest BCUT2D eigenvalue weighted by Crippen LogP contribution is -2.31. The fraction of sp³-hybridized carbons (Fsp3) is 0.875. The molecule has 0 radical (unpaired) electrons. The van der Waals surface area contributed by atoms with E-state index in [-0.39, 0.29) is 5.54 Å². The zero-order valence-corrected chi connectivity index (χ0v) is 6.18. The lowest BCUT2D eigenvalue weighted by Gasteiger charge is -2.21. The maximum Gasteiger partial charge on any atom is 0.173 e. The minimum absolute atomic E-state index is 0.0694. The summed E-state index contributed by atoms with van der Waals surface area (Å²) >= 11 is 0. The molecule has 2 nitrogen and oxygen atoms in total. The molecule has 1 aliphatic heterocycles. The molecular formula is C8H13NO. The van der Waals surface area contributed by atoms with Crippen LogP contribution in [0.3, 0.4) is 0 Å². The molecule has 0 bridgehead atoms. The van der Waals surface area contributed by atoms with Gasteiger partial charge in [0.25, 0.3) is 0 Å². The molecule has 1 heterocycles. The molecule has 1 spiro atoms. The Morgan fingerprint density at radius 2 is 1.90 bits per heavy atom. The summed E-state index contributed by atoms with van der Waals surface area (Å²) in [6, 6.07) is 0. The third kappa shape index (κ3) is 0.678. The van der Waals surface area contributed by atoms with E-state index < -0.39 is 0 Å².